The van der Waals surface area contributed by atoms with Gasteiger partial charge in [-0.2, -0.15) is 0 Å². The van der Waals surface area contributed by atoms with Gasteiger partial charge in [0.1, 0.15) is 11.5 Å². The number of aryl methyl sites for hydroxylation is 1. The molecule has 1 amide bonds. The van der Waals surface area contributed by atoms with E-state index < -0.39 is 0 Å². The number of carbonyl (C=O) groups is 2. The number of hydrogen-bond acceptors (Lipinski definition) is 6. The van der Waals surface area contributed by atoms with Crippen molar-refractivity contribution in [2.45, 2.75) is 60.0 Å². The molecule has 8 nitrogen and oxygen atoms in total. The number of nitrogens with zero attached hydrogens (tertiary/aromatic N) is 4. The van der Waals surface area contributed by atoms with Crippen molar-refractivity contribution in [3.63, 3.8) is 0 Å². The van der Waals surface area contributed by atoms with Crippen LogP contribution >= 0.6 is 0 Å². The molecular formula is C27H38N4O4. The van der Waals surface area contributed by atoms with E-state index in [2.05, 4.69) is 36.7 Å². The molecule has 0 spiro atoms. The number of amides is 1. The zero-order valence-electron chi connectivity index (χ0n) is 21.7. The molecule has 0 fully saturated rings. The van der Waals surface area contributed by atoms with E-state index in [4.69, 9.17) is 9.47 Å². The van der Waals surface area contributed by atoms with Crippen LogP contribution in [0.3, 0.4) is 0 Å². The predicted octanol–water partition coefficient (Wildman–Crippen LogP) is 3.87. The molecule has 8 heteroatoms. The van der Waals surface area contributed by atoms with Gasteiger partial charge in [0.15, 0.2) is 17.3 Å². The molecule has 0 aliphatic carbocycles. The van der Waals surface area contributed by atoms with E-state index in [1.165, 1.54) is 24.5 Å². The fourth-order valence-electron chi connectivity index (χ4n) is 4.26. The van der Waals surface area contributed by atoms with Crippen molar-refractivity contribution in [2.24, 2.45) is 0 Å². The maximum atomic E-state index is 12.1. The summed E-state index contributed by atoms with van der Waals surface area (Å²) < 4.78 is 12.7. The fraction of sp³-hybridized carbons (Fsp3) is 0.519. The van der Waals surface area contributed by atoms with Crippen LogP contribution < -0.4 is 9.47 Å². The third kappa shape index (κ3) is 6.51. The van der Waals surface area contributed by atoms with Gasteiger partial charge in [-0.1, -0.05) is 39.3 Å². The number of ketones is 1. The molecule has 0 radical (unpaired) electrons. The standard InChI is InChI=1S/C15H22N4O2.C12H16O2/c1-4-17(3)7-5-6-15(21)18-8-9-19-13(12(2)20)10-16-14(19)11-18;1-3-5-9-6-7-11-12(10(9)4-2)14-8-13-11/h5-6,10H,4,7-9,11H2,1-3H3;6-7H,3-5,8H2,1-2H3/b6-5+;. The molecule has 190 valence electrons. The first kappa shape index (κ1) is 26.5. The van der Waals surface area contributed by atoms with Crippen molar-refractivity contribution in [3.8, 4) is 11.5 Å². The van der Waals surface area contributed by atoms with Crippen molar-refractivity contribution in [3.05, 3.63) is 53.1 Å². The smallest absolute Gasteiger partial charge is 0.246 e. The highest BCUT2D eigenvalue weighted by atomic mass is 16.7. The molecule has 0 N–H and O–H groups in total. The van der Waals surface area contributed by atoms with Crippen molar-refractivity contribution >= 4 is 11.7 Å². The molecular weight excluding hydrogens is 444 g/mol. The first-order chi connectivity index (χ1) is 16.9. The van der Waals surface area contributed by atoms with Crippen LogP contribution in [-0.4, -0.2) is 64.5 Å². The minimum absolute atomic E-state index is 0.00173. The number of fused-ring (bicyclic) bond motifs is 2. The van der Waals surface area contributed by atoms with Crippen molar-refractivity contribution in [1.82, 2.24) is 19.4 Å². The second-order valence-electron chi connectivity index (χ2n) is 8.83. The summed E-state index contributed by atoms with van der Waals surface area (Å²) in [5.74, 6) is 2.66. The Morgan fingerprint density at radius 3 is 2.66 bits per heavy atom. The molecule has 0 saturated carbocycles. The summed E-state index contributed by atoms with van der Waals surface area (Å²) in [5, 5.41) is 0. The number of ether oxygens (including phenoxy) is 2. The van der Waals surface area contributed by atoms with Crippen molar-refractivity contribution < 1.29 is 19.1 Å². The van der Waals surface area contributed by atoms with Crippen LogP contribution in [0.15, 0.2) is 30.5 Å². The zero-order valence-corrected chi connectivity index (χ0v) is 21.7. The number of likely N-dealkylation sites (N-methyl/N-ethyl adjacent to an activating group) is 1. The maximum Gasteiger partial charge on any atom is 0.246 e. The van der Waals surface area contributed by atoms with E-state index >= 15 is 0 Å². The molecule has 0 bridgehead atoms. The predicted molar refractivity (Wildman–Crippen MR) is 136 cm³/mol. The monoisotopic (exact) mass is 482 g/mol. The number of carbonyl (C=O) groups excluding carboxylic acids is 2. The van der Waals surface area contributed by atoms with Gasteiger partial charge in [-0.3, -0.25) is 9.59 Å². The highest BCUT2D eigenvalue weighted by Crippen LogP contribution is 2.38. The maximum absolute atomic E-state index is 12.1. The van der Waals surface area contributed by atoms with E-state index in [1.54, 1.807) is 17.2 Å². The molecule has 0 unspecified atom stereocenters. The van der Waals surface area contributed by atoms with Gasteiger partial charge in [-0.05, 0) is 38.1 Å². The Morgan fingerprint density at radius 1 is 1.17 bits per heavy atom. The largest absolute Gasteiger partial charge is 0.454 e. The summed E-state index contributed by atoms with van der Waals surface area (Å²) >= 11 is 0. The molecule has 1 aromatic carbocycles. The van der Waals surface area contributed by atoms with E-state index in [0.717, 1.165) is 43.3 Å². The van der Waals surface area contributed by atoms with Crippen LogP contribution in [0.2, 0.25) is 0 Å². The van der Waals surface area contributed by atoms with E-state index in [-0.39, 0.29) is 11.7 Å². The van der Waals surface area contributed by atoms with E-state index in [9.17, 15) is 9.59 Å². The number of benzene rings is 1. The Labute approximate surface area is 208 Å². The number of aromatic nitrogens is 2. The van der Waals surface area contributed by atoms with Crippen molar-refractivity contribution in [1.29, 1.82) is 0 Å². The minimum atomic E-state index is -0.00173. The van der Waals surface area contributed by atoms with Crippen LogP contribution in [0.1, 0.15) is 61.6 Å². The van der Waals surface area contributed by atoms with Crippen LogP contribution in [0.5, 0.6) is 11.5 Å². The summed E-state index contributed by atoms with van der Waals surface area (Å²) in [4.78, 5) is 31.7. The molecule has 0 atom stereocenters. The fourth-order valence-corrected chi connectivity index (χ4v) is 4.26. The van der Waals surface area contributed by atoms with Crippen LogP contribution in [-0.2, 0) is 30.7 Å². The molecule has 35 heavy (non-hydrogen) atoms. The lowest BCUT2D eigenvalue weighted by atomic mass is 10.00. The lowest BCUT2D eigenvalue weighted by Gasteiger charge is -2.27. The molecule has 2 aliphatic heterocycles. The van der Waals surface area contributed by atoms with Gasteiger partial charge in [-0.15, -0.1) is 0 Å². The Hall–Kier alpha value is -3.13. The third-order valence-corrected chi connectivity index (χ3v) is 6.37. The molecule has 1 aromatic heterocycles. The summed E-state index contributed by atoms with van der Waals surface area (Å²) in [7, 11) is 2.01. The van der Waals surface area contributed by atoms with Gasteiger partial charge < -0.3 is 23.8 Å². The average molecular weight is 483 g/mol. The molecule has 2 aliphatic rings. The number of rotatable bonds is 8. The van der Waals surface area contributed by atoms with Crippen LogP contribution in [0.4, 0.5) is 0 Å². The Bertz CT molecular complexity index is 1060. The normalized spacial score (nSPS) is 14.2. The third-order valence-electron chi connectivity index (χ3n) is 6.37. The van der Waals surface area contributed by atoms with Gasteiger partial charge in [0, 0.05) is 38.2 Å². The van der Waals surface area contributed by atoms with Crippen molar-refractivity contribution in [2.75, 3.05) is 33.5 Å². The van der Waals surface area contributed by atoms with Gasteiger partial charge >= 0.3 is 0 Å². The Kier molecular flexibility index (Phi) is 9.48. The summed E-state index contributed by atoms with van der Waals surface area (Å²) in [6, 6.07) is 4.18. The molecule has 4 rings (SSSR count). The zero-order chi connectivity index (χ0) is 25.4. The van der Waals surface area contributed by atoms with Gasteiger partial charge in [-0.25, -0.2) is 4.98 Å². The highest BCUT2D eigenvalue weighted by Gasteiger charge is 2.23. The van der Waals surface area contributed by atoms with Crippen LogP contribution in [0, 0.1) is 0 Å². The second-order valence-corrected chi connectivity index (χ2v) is 8.83. The minimum Gasteiger partial charge on any atom is -0.454 e. The van der Waals surface area contributed by atoms with Gasteiger partial charge in [0.2, 0.25) is 12.7 Å². The Morgan fingerprint density at radius 2 is 1.97 bits per heavy atom. The lowest BCUT2D eigenvalue weighted by Crippen LogP contribution is -2.38. The second kappa shape index (κ2) is 12.5. The number of imidazole rings is 1. The quantitative estimate of drug-likeness (QED) is 0.420. The SMILES string of the molecule is CCCc1ccc2c(c1CC)OCO2.CCN(C)C/C=C/C(=O)N1CCn2c(C(C)=O)cnc2C1. The van der Waals surface area contributed by atoms with Gasteiger partial charge in [0.25, 0.3) is 0 Å². The molecule has 2 aromatic rings. The topological polar surface area (TPSA) is 76.9 Å². The van der Waals surface area contributed by atoms with E-state index in [0.29, 0.717) is 32.1 Å². The summed E-state index contributed by atoms with van der Waals surface area (Å²) in [6.45, 7) is 11.8. The summed E-state index contributed by atoms with van der Waals surface area (Å²) in [6.07, 6.45) is 8.41. The number of Topliss-reactive ketones (excluding diaryl/α,β-unsaturated/α-hetero) is 1. The average Bonchev–Trinajstić information content (AvgIpc) is 3.51. The first-order valence-corrected chi connectivity index (χ1v) is 12.5. The first-order valence-electron chi connectivity index (χ1n) is 12.5. The molecule has 3 heterocycles. The number of hydrogen-bond donors (Lipinski definition) is 0. The van der Waals surface area contributed by atoms with Gasteiger partial charge in [0.05, 0.1) is 12.7 Å². The molecule has 0 saturated heterocycles. The lowest BCUT2D eigenvalue weighted by molar-refractivity contribution is -0.127. The van der Waals surface area contributed by atoms with Crippen LogP contribution in [0.25, 0.3) is 0 Å². The Balaban J connectivity index is 0.000000211. The highest BCUT2D eigenvalue weighted by molar-refractivity contribution is 5.92. The van der Waals surface area contributed by atoms with E-state index in [1.807, 2.05) is 23.8 Å². The summed E-state index contributed by atoms with van der Waals surface area (Å²) in [5.41, 5.74) is 3.35.